The minimum absolute atomic E-state index is 0.0575. The van der Waals surface area contributed by atoms with Crippen LogP contribution >= 0.6 is 11.8 Å². The van der Waals surface area contributed by atoms with E-state index in [0.29, 0.717) is 55.4 Å². The zero-order chi connectivity index (χ0) is 71.7. The maximum absolute atomic E-state index is 14.8. The number of guanidine groups is 1. The van der Waals surface area contributed by atoms with E-state index in [0.717, 1.165) is 0 Å². The molecule has 2 aliphatic heterocycles. The van der Waals surface area contributed by atoms with E-state index in [1.165, 1.54) is 21.6 Å². The average Bonchev–Trinajstić information content (AvgIpc) is 1.74. The third kappa shape index (κ3) is 28.4. The first-order valence-electron chi connectivity index (χ1n) is 33.1. The number of amides is 13. The second-order valence-corrected chi connectivity index (χ2v) is 26.0. The number of rotatable bonds is 43. The van der Waals surface area contributed by atoms with Gasteiger partial charge in [0.05, 0.1) is 6.04 Å². The third-order valence-electron chi connectivity index (χ3n) is 16.5. The molecule has 32 heteroatoms. The fourth-order valence-electron chi connectivity index (χ4n) is 11.4. The van der Waals surface area contributed by atoms with Crippen LogP contribution < -0.4 is 82.7 Å². The molecule has 2 saturated heterocycles. The van der Waals surface area contributed by atoms with Gasteiger partial charge in [0.25, 0.3) is 0 Å². The summed E-state index contributed by atoms with van der Waals surface area (Å²) in [7, 11) is 0. The Morgan fingerprint density at radius 2 is 0.990 bits per heavy atom. The summed E-state index contributed by atoms with van der Waals surface area (Å²) < 4.78 is 0. The maximum Gasteiger partial charge on any atom is 0.245 e. The molecular weight excluding hydrogens is 1270 g/mol. The van der Waals surface area contributed by atoms with Crippen molar-refractivity contribution >= 4 is 94.5 Å². The van der Waals surface area contributed by atoms with Crippen molar-refractivity contribution < 1.29 is 62.3 Å². The molecule has 2 heterocycles. The summed E-state index contributed by atoms with van der Waals surface area (Å²) in [6.07, 6.45) is 3.00. The van der Waals surface area contributed by atoms with Crippen molar-refractivity contribution in [3.05, 3.63) is 71.8 Å². The highest BCUT2D eigenvalue weighted by molar-refractivity contribution is 7.98. The number of unbranched alkanes of at least 4 members (excludes halogenated alkanes) is 1. The first kappa shape index (κ1) is 80.5. The molecule has 0 aromatic heterocycles. The van der Waals surface area contributed by atoms with Crippen molar-refractivity contribution in [3.8, 4) is 0 Å². The molecule has 0 bridgehead atoms. The fraction of sp³-hybridized carbons (Fsp3) is 0.600. The van der Waals surface area contributed by atoms with Crippen LogP contribution in [0.2, 0.25) is 0 Å². The van der Waals surface area contributed by atoms with Crippen LogP contribution in [0.1, 0.15) is 135 Å². The predicted molar refractivity (Wildman–Crippen MR) is 365 cm³/mol. The number of aliphatic imine (C=N–C) groups is 1. The third-order valence-corrected chi connectivity index (χ3v) is 17.1. The molecule has 22 N–H and O–H groups in total. The fourth-order valence-corrected chi connectivity index (χ4v) is 11.9. The molecule has 4 rings (SSSR count). The number of thioether (sulfide) groups is 1. The molecule has 536 valence electrons. The van der Waals surface area contributed by atoms with Gasteiger partial charge in [0.15, 0.2) is 5.96 Å². The van der Waals surface area contributed by atoms with Gasteiger partial charge in [0.2, 0.25) is 76.8 Å². The Bertz CT molecular complexity index is 3020. The molecule has 97 heavy (non-hydrogen) atoms. The van der Waals surface area contributed by atoms with E-state index in [2.05, 4.69) is 47.5 Å². The van der Waals surface area contributed by atoms with Gasteiger partial charge in [0, 0.05) is 57.8 Å². The number of carbonyl (C=O) groups excluding carboxylic acids is 13. The lowest BCUT2D eigenvalue weighted by atomic mass is 10.0. The minimum Gasteiger partial charge on any atom is -0.370 e. The smallest absolute Gasteiger partial charge is 0.245 e. The number of likely N-dealkylation sites (tertiary alicyclic amines) is 2. The molecule has 0 radical (unpaired) electrons. The van der Waals surface area contributed by atoms with Crippen LogP contribution in [0.5, 0.6) is 0 Å². The Morgan fingerprint density at radius 3 is 1.47 bits per heavy atom. The number of carbonyl (C=O) groups is 13. The van der Waals surface area contributed by atoms with Crippen LogP contribution in [-0.2, 0) is 75.2 Å². The van der Waals surface area contributed by atoms with E-state index in [1.54, 1.807) is 67.6 Å². The standard InChI is InChI=1S/C65H102N18O13S/c1-38(2)34-47(59(91)76-43(55(70)87)28-33-97-4)75-54(86)35-39(3)74-58(90)48(36-40-16-7-5-8-17-40)81-60(92)49(37-41-18-9-6-10-19-41)80-57(89)44(24-26-52(68)84)77-56(88)45(25-27-53(69)85)78-61(93)51-23-15-32-83(51)64(96)46(21-11-12-29-66)79-62(94)50-22-14-31-82(50)63(95)42(67)20-13-30-73-65(71)72/h5-10,16-19,38-39,42-51H,11-15,20-37,66-67H2,1-4H3,(H2,68,84)(H2,69,85)(H2,70,87)(H,74,90)(H,75,86)(H,76,91)(H,77,88)(H,78,93)(H,79,94)(H,80,89)(H,81,92)(H4,71,72,73)/t39-,42-,43-,44-,45-,46-,47-,48-,49-,50-,51-/m0/s1. The summed E-state index contributed by atoms with van der Waals surface area (Å²) in [6.45, 7) is 6.13. The van der Waals surface area contributed by atoms with Crippen molar-refractivity contribution in [2.45, 2.75) is 203 Å². The van der Waals surface area contributed by atoms with Crippen LogP contribution in [0.15, 0.2) is 65.7 Å². The molecule has 2 aromatic rings. The quantitative estimate of drug-likeness (QED) is 0.0180. The van der Waals surface area contributed by atoms with Gasteiger partial charge in [0.1, 0.15) is 54.4 Å². The van der Waals surface area contributed by atoms with Crippen molar-refractivity contribution in [1.29, 1.82) is 0 Å². The Hall–Kier alpha value is -8.91. The summed E-state index contributed by atoms with van der Waals surface area (Å²) in [4.78, 5) is 185. The summed E-state index contributed by atoms with van der Waals surface area (Å²) in [5, 5.41) is 21.6. The summed E-state index contributed by atoms with van der Waals surface area (Å²) in [6, 6.07) is 4.02. The number of hydrogen-bond donors (Lipinski definition) is 15. The van der Waals surface area contributed by atoms with Gasteiger partial charge in [-0.3, -0.25) is 67.3 Å². The molecule has 11 atom stereocenters. The van der Waals surface area contributed by atoms with E-state index < -0.39 is 169 Å². The topological polar surface area (TPSA) is 519 Å². The lowest BCUT2D eigenvalue weighted by Crippen LogP contribution is -2.60. The minimum atomic E-state index is -1.63. The van der Waals surface area contributed by atoms with Crippen molar-refractivity contribution in [2.75, 3.05) is 38.2 Å². The van der Waals surface area contributed by atoms with Crippen LogP contribution in [0.4, 0.5) is 0 Å². The molecular formula is C65H102N18O13S. The zero-order valence-electron chi connectivity index (χ0n) is 56.1. The van der Waals surface area contributed by atoms with E-state index in [9.17, 15) is 62.3 Å². The van der Waals surface area contributed by atoms with Crippen LogP contribution in [0.25, 0.3) is 0 Å². The Kier molecular flexibility index (Phi) is 34.8. The molecule has 2 aliphatic rings. The Balaban J connectivity index is 1.56. The highest BCUT2D eigenvalue weighted by Crippen LogP contribution is 2.24. The molecule has 0 saturated carbocycles. The SMILES string of the molecule is CSCC[C@H](NC(=O)[C@H](CC(C)C)NC(=O)C[C@H](C)NC(=O)[C@H](Cc1ccccc1)NC(=O)[C@H](Cc1ccccc1)NC(=O)[C@H](CCC(N)=O)NC(=O)[C@H](CCC(N)=O)NC(=O)[C@@H]1CCCN1C(=O)[C@H](CCCCN)NC(=O)[C@@H]1CCCN1C(=O)[C@@H](N)CCCN=C(N)N)C(N)=O. The highest BCUT2D eigenvalue weighted by atomic mass is 32.2. The molecule has 31 nitrogen and oxygen atoms in total. The van der Waals surface area contributed by atoms with E-state index >= 15 is 0 Å². The number of nitrogens with zero attached hydrogens (tertiary/aromatic N) is 3. The Labute approximate surface area is 570 Å². The predicted octanol–water partition coefficient (Wildman–Crippen LogP) is -2.93. The molecule has 13 amide bonds. The monoisotopic (exact) mass is 1370 g/mol. The second-order valence-electron chi connectivity index (χ2n) is 25.0. The lowest BCUT2D eigenvalue weighted by Gasteiger charge is -2.32. The molecule has 2 fully saturated rings. The van der Waals surface area contributed by atoms with Crippen molar-refractivity contribution in [1.82, 2.24) is 52.3 Å². The highest BCUT2D eigenvalue weighted by Gasteiger charge is 2.42. The summed E-state index contributed by atoms with van der Waals surface area (Å²) >= 11 is 1.47. The normalized spacial score (nSPS) is 17.1. The van der Waals surface area contributed by atoms with Gasteiger partial charge in [-0.25, -0.2) is 0 Å². The lowest BCUT2D eigenvalue weighted by molar-refractivity contribution is -0.144. The number of primary amides is 3. The molecule has 0 spiro atoms. The number of nitrogens with one attached hydrogen (secondary N) is 8. The molecule has 0 aliphatic carbocycles. The molecule has 2 aromatic carbocycles. The first-order chi connectivity index (χ1) is 46.1. The van der Waals surface area contributed by atoms with Crippen molar-refractivity contribution in [3.63, 3.8) is 0 Å². The van der Waals surface area contributed by atoms with Crippen LogP contribution in [0.3, 0.4) is 0 Å². The van der Waals surface area contributed by atoms with Gasteiger partial charge in [-0.1, -0.05) is 74.5 Å². The number of benzene rings is 2. The maximum atomic E-state index is 14.8. The van der Waals surface area contributed by atoms with Crippen molar-refractivity contribution in [2.24, 2.45) is 51.0 Å². The van der Waals surface area contributed by atoms with Gasteiger partial charge >= 0.3 is 0 Å². The van der Waals surface area contributed by atoms with Gasteiger partial charge < -0.3 is 92.5 Å². The van der Waals surface area contributed by atoms with E-state index in [-0.39, 0.29) is 89.4 Å². The van der Waals surface area contributed by atoms with Gasteiger partial charge in [-0.15, -0.1) is 0 Å². The van der Waals surface area contributed by atoms with Gasteiger partial charge in [-0.2, -0.15) is 11.8 Å². The summed E-state index contributed by atoms with van der Waals surface area (Å²) in [5.41, 5.74) is 40.7. The summed E-state index contributed by atoms with van der Waals surface area (Å²) in [5.74, 6) is -9.31. The number of hydrogen-bond acceptors (Lipinski definition) is 17. The van der Waals surface area contributed by atoms with E-state index in [1.807, 2.05) is 20.1 Å². The van der Waals surface area contributed by atoms with E-state index in [4.69, 9.17) is 40.1 Å². The largest absolute Gasteiger partial charge is 0.370 e. The number of nitrogens with two attached hydrogens (primary N) is 7. The second kappa shape index (κ2) is 41.9. The zero-order valence-corrected chi connectivity index (χ0v) is 56.9. The molecule has 0 unspecified atom stereocenters. The average molecular weight is 1380 g/mol. The van der Waals surface area contributed by atoms with Gasteiger partial charge in [-0.05, 0) is 126 Å². The van der Waals surface area contributed by atoms with Crippen LogP contribution in [0, 0.1) is 5.92 Å². The first-order valence-corrected chi connectivity index (χ1v) is 34.5. The Morgan fingerprint density at radius 1 is 0.526 bits per heavy atom. The van der Waals surface area contributed by atoms with Crippen LogP contribution in [-0.4, -0.2) is 197 Å².